The first kappa shape index (κ1) is 19.4. The second-order valence-electron chi connectivity index (χ2n) is 5.19. The second kappa shape index (κ2) is 7.95. The Hall–Kier alpha value is -2.96. The van der Waals surface area contributed by atoms with Crippen LogP contribution in [-0.2, 0) is 9.53 Å². The summed E-state index contributed by atoms with van der Waals surface area (Å²) in [5.74, 6) is -2.12. The van der Waals surface area contributed by atoms with E-state index < -0.39 is 17.8 Å². The molecule has 2 rings (SSSR count). The molecule has 0 saturated carbocycles. The lowest BCUT2D eigenvalue weighted by molar-refractivity contribution is -0.112. The number of nitrogens with one attached hydrogen (secondary N) is 1. The third-order valence-electron chi connectivity index (χ3n) is 3.40. The van der Waals surface area contributed by atoms with E-state index in [2.05, 4.69) is 5.32 Å². The lowest BCUT2D eigenvalue weighted by atomic mass is 10.1. The highest BCUT2D eigenvalue weighted by Gasteiger charge is 2.26. The molecular formula is C17H15N3O4S2. The highest BCUT2D eigenvalue weighted by Crippen LogP contribution is 2.33. The monoisotopic (exact) mass is 389 g/mol. The molecule has 0 bridgehead atoms. The Morgan fingerprint density at radius 3 is 2.46 bits per heavy atom. The van der Waals surface area contributed by atoms with E-state index >= 15 is 0 Å². The predicted molar refractivity (Wildman–Crippen MR) is 100 cm³/mol. The number of methoxy groups -OCH3 is 1. The van der Waals surface area contributed by atoms with Gasteiger partial charge in [0.15, 0.2) is 0 Å². The van der Waals surface area contributed by atoms with Crippen LogP contribution in [0.25, 0.3) is 6.08 Å². The van der Waals surface area contributed by atoms with Crippen molar-refractivity contribution in [2.24, 2.45) is 5.73 Å². The maximum absolute atomic E-state index is 12.4. The molecule has 3 N–H and O–H groups in total. The molecule has 0 aliphatic heterocycles. The van der Waals surface area contributed by atoms with E-state index in [4.69, 9.17) is 10.5 Å². The predicted octanol–water partition coefficient (Wildman–Crippen LogP) is 2.86. The Morgan fingerprint density at radius 1 is 1.27 bits per heavy atom. The third kappa shape index (κ3) is 3.99. The number of nitrogens with two attached hydrogens (primary N) is 1. The summed E-state index contributed by atoms with van der Waals surface area (Å²) in [5.41, 5.74) is 5.54. The molecular weight excluding hydrogens is 374 g/mol. The van der Waals surface area contributed by atoms with Crippen LogP contribution in [0.15, 0.2) is 17.7 Å². The number of primary amides is 1. The van der Waals surface area contributed by atoms with Gasteiger partial charge < -0.3 is 15.8 Å². The fraction of sp³-hybridized carbons (Fsp3) is 0.176. The quantitative estimate of drug-likeness (QED) is 0.462. The molecule has 0 unspecified atom stereocenters. The molecule has 0 fully saturated rings. The Kier molecular flexibility index (Phi) is 5.92. The fourth-order valence-corrected chi connectivity index (χ4v) is 4.04. The number of aryl methyl sites for hydroxylation is 1. The van der Waals surface area contributed by atoms with Crippen LogP contribution in [0.3, 0.4) is 0 Å². The maximum atomic E-state index is 12.4. The van der Waals surface area contributed by atoms with Crippen molar-refractivity contribution < 1.29 is 19.1 Å². The standard InChI is InChI=1S/C17H15N3O4S2/c1-8-4-5-11(25-8)6-10(7-18)15(22)20-16-12(17(23)24-3)9(2)13(26-16)14(19)21/h4-6H,1-3H3,(H2,19,21)(H,20,22)/b10-6+. The van der Waals surface area contributed by atoms with Crippen LogP contribution < -0.4 is 11.1 Å². The molecule has 2 aromatic rings. The molecule has 2 aromatic heterocycles. The summed E-state index contributed by atoms with van der Waals surface area (Å²) in [5, 5.41) is 11.9. The number of carbonyl (C=O) groups excluding carboxylic acids is 3. The minimum atomic E-state index is -0.719. The van der Waals surface area contributed by atoms with E-state index in [9.17, 15) is 19.6 Å². The number of hydrogen-bond donors (Lipinski definition) is 2. The van der Waals surface area contributed by atoms with E-state index in [0.717, 1.165) is 21.1 Å². The number of esters is 1. The summed E-state index contributed by atoms with van der Waals surface area (Å²) in [6, 6.07) is 5.51. The van der Waals surface area contributed by atoms with Crippen LogP contribution in [0.1, 0.15) is 35.3 Å². The summed E-state index contributed by atoms with van der Waals surface area (Å²) >= 11 is 2.30. The number of hydrogen-bond acceptors (Lipinski definition) is 7. The van der Waals surface area contributed by atoms with Crippen molar-refractivity contribution >= 4 is 51.5 Å². The zero-order valence-electron chi connectivity index (χ0n) is 14.2. The Balaban J connectivity index is 2.40. The van der Waals surface area contributed by atoms with Gasteiger partial charge in [0.25, 0.3) is 11.8 Å². The normalized spacial score (nSPS) is 10.9. The highest BCUT2D eigenvalue weighted by atomic mass is 32.1. The van der Waals surface area contributed by atoms with E-state index in [-0.39, 0.29) is 21.0 Å². The zero-order valence-corrected chi connectivity index (χ0v) is 15.8. The lowest BCUT2D eigenvalue weighted by Gasteiger charge is -2.05. The third-order valence-corrected chi connectivity index (χ3v) is 5.57. The maximum Gasteiger partial charge on any atom is 0.341 e. The van der Waals surface area contributed by atoms with Gasteiger partial charge in [-0.3, -0.25) is 9.59 Å². The molecule has 2 heterocycles. The molecule has 7 nitrogen and oxygen atoms in total. The van der Waals surface area contributed by atoms with Gasteiger partial charge in [0, 0.05) is 9.75 Å². The first-order valence-electron chi connectivity index (χ1n) is 7.29. The molecule has 0 radical (unpaired) electrons. The van der Waals surface area contributed by atoms with E-state index in [1.54, 1.807) is 6.07 Å². The van der Waals surface area contributed by atoms with Crippen LogP contribution in [0, 0.1) is 25.2 Å². The summed E-state index contributed by atoms with van der Waals surface area (Å²) in [6.07, 6.45) is 1.46. The van der Waals surface area contributed by atoms with Gasteiger partial charge in [0.05, 0.1) is 17.6 Å². The van der Waals surface area contributed by atoms with Crippen molar-refractivity contribution in [2.75, 3.05) is 12.4 Å². The molecule has 0 aliphatic rings. The van der Waals surface area contributed by atoms with Crippen molar-refractivity contribution in [1.29, 1.82) is 5.26 Å². The van der Waals surface area contributed by atoms with Crippen LogP contribution >= 0.6 is 22.7 Å². The van der Waals surface area contributed by atoms with Crippen molar-refractivity contribution in [3.05, 3.63) is 43.5 Å². The van der Waals surface area contributed by atoms with Gasteiger partial charge in [0.1, 0.15) is 16.6 Å². The van der Waals surface area contributed by atoms with Crippen LogP contribution in [-0.4, -0.2) is 24.9 Å². The summed E-state index contributed by atoms with van der Waals surface area (Å²) < 4.78 is 4.70. The SMILES string of the molecule is COC(=O)c1c(NC(=O)/C(C#N)=C/c2ccc(C)s2)sc(C(N)=O)c1C. The fourth-order valence-electron chi connectivity index (χ4n) is 2.18. The van der Waals surface area contributed by atoms with Crippen molar-refractivity contribution in [3.8, 4) is 6.07 Å². The second-order valence-corrected chi connectivity index (χ2v) is 7.53. The highest BCUT2D eigenvalue weighted by molar-refractivity contribution is 7.18. The van der Waals surface area contributed by atoms with Gasteiger partial charge in [-0.05, 0) is 37.6 Å². The summed E-state index contributed by atoms with van der Waals surface area (Å²) in [4.78, 5) is 37.9. The molecule has 26 heavy (non-hydrogen) atoms. The first-order valence-corrected chi connectivity index (χ1v) is 8.92. The van der Waals surface area contributed by atoms with E-state index in [1.807, 2.05) is 19.1 Å². The van der Waals surface area contributed by atoms with Crippen LogP contribution in [0.5, 0.6) is 0 Å². The van der Waals surface area contributed by atoms with Crippen molar-refractivity contribution in [3.63, 3.8) is 0 Å². The molecule has 9 heteroatoms. The van der Waals surface area contributed by atoms with Gasteiger partial charge in [0.2, 0.25) is 0 Å². The topological polar surface area (TPSA) is 122 Å². The lowest BCUT2D eigenvalue weighted by Crippen LogP contribution is -2.15. The molecule has 0 spiro atoms. The van der Waals surface area contributed by atoms with Crippen molar-refractivity contribution in [2.45, 2.75) is 13.8 Å². The first-order chi connectivity index (χ1) is 12.3. The number of nitriles is 1. The number of carbonyl (C=O) groups is 3. The molecule has 0 atom stereocenters. The minimum absolute atomic E-state index is 0.0453. The average Bonchev–Trinajstić information content (AvgIpc) is 3.15. The molecule has 2 amide bonds. The molecule has 0 aromatic carbocycles. The summed E-state index contributed by atoms with van der Waals surface area (Å²) in [6.45, 7) is 3.45. The molecule has 0 saturated heterocycles. The smallest absolute Gasteiger partial charge is 0.341 e. The van der Waals surface area contributed by atoms with Crippen LogP contribution in [0.2, 0.25) is 0 Å². The Morgan fingerprint density at radius 2 is 1.96 bits per heavy atom. The Bertz CT molecular complexity index is 963. The van der Waals surface area contributed by atoms with Gasteiger partial charge >= 0.3 is 5.97 Å². The summed E-state index contributed by atoms with van der Waals surface area (Å²) in [7, 11) is 1.19. The number of thiophene rings is 2. The number of nitrogens with zero attached hydrogens (tertiary/aromatic N) is 1. The van der Waals surface area contributed by atoms with E-state index in [1.165, 1.54) is 31.4 Å². The Labute approximate surface area is 157 Å². The van der Waals surface area contributed by atoms with Gasteiger partial charge in [-0.25, -0.2) is 4.79 Å². The van der Waals surface area contributed by atoms with Gasteiger partial charge in [-0.2, -0.15) is 5.26 Å². The molecule has 0 aliphatic carbocycles. The van der Waals surface area contributed by atoms with Gasteiger partial charge in [-0.15, -0.1) is 22.7 Å². The largest absolute Gasteiger partial charge is 0.465 e. The number of rotatable bonds is 5. The van der Waals surface area contributed by atoms with Gasteiger partial charge in [-0.1, -0.05) is 0 Å². The number of anilines is 1. The average molecular weight is 389 g/mol. The molecule has 134 valence electrons. The van der Waals surface area contributed by atoms with Crippen molar-refractivity contribution in [1.82, 2.24) is 0 Å². The van der Waals surface area contributed by atoms with Crippen LogP contribution in [0.4, 0.5) is 5.00 Å². The van der Waals surface area contributed by atoms with E-state index in [0.29, 0.717) is 5.56 Å². The number of ether oxygens (including phenoxy) is 1. The minimum Gasteiger partial charge on any atom is -0.465 e. The number of amides is 2. The zero-order chi connectivity index (χ0) is 19.4.